The van der Waals surface area contributed by atoms with Gasteiger partial charge in [-0.2, -0.15) is 5.26 Å². The number of hydrogen-bond donors (Lipinski definition) is 2. The number of hydrogen-bond acceptors (Lipinski definition) is 6. The third-order valence-corrected chi connectivity index (χ3v) is 6.78. The van der Waals surface area contributed by atoms with Gasteiger partial charge in [-0.15, -0.1) is 0 Å². The van der Waals surface area contributed by atoms with Crippen LogP contribution in [0.25, 0.3) is 0 Å². The van der Waals surface area contributed by atoms with E-state index in [2.05, 4.69) is 16.4 Å². The van der Waals surface area contributed by atoms with Crippen LogP contribution in [0.2, 0.25) is 0 Å². The first kappa shape index (κ1) is 33.7. The Morgan fingerprint density at radius 3 is 1.86 bits per heavy atom. The van der Waals surface area contributed by atoms with Crippen molar-refractivity contribution in [2.75, 3.05) is 19.8 Å². The van der Waals surface area contributed by atoms with Gasteiger partial charge in [0.25, 0.3) is 0 Å². The zero-order valence-electron chi connectivity index (χ0n) is 22.8. The minimum absolute atomic E-state index is 0.177. The number of phosphoric acid groups is 1. The van der Waals surface area contributed by atoms with E-state index in [1.54, 1.807) is 12.1 Å². The third-order valence-electron chi connectivity index (χ3n) is 6.30. The van der Waals surface area contributed by atoms with Gasteiger partial charge in [-0.1, -0.05) is 109 Å². The van der Waals surface area contributed by atoms with Crippen molar-refractivity contribution in [3.05, 3.63) is 29.6 Å². The van der Waals surface area contributed by atoms with Gasteiger partial charge < -0.3 is 19.3 Å². The first-order chi connectivity index (χ1) is 17.9. The molecule has 1 rings (SSSR count). The maximum absolute atomic E-state index is 11.1. The molecule has 1 heterocycles. The molecule has 2 N–H and O–H groups in total. The number of nitrogens with zero attached hydrogens (tertiary/aromatic N) is 2. The fourth-order valence-electron chi connectivity index (χ4n) is 4.08. The van der Waals surface area contributed by atoms with Gasteiger partial charge in [0.1, 0.15) is 17.9 Å². The van der Waals surface area contributed by atoms with Crippen molar-refractivity contribution in [3.8, 4) is 6.07 Å². The molecule has 1 aromatic heterocycles. The van der Waals surface area contributed by atoms with Gasteiger partial charge >= 0.3 is 7.82 Å². The first-order valence-electron chi connectivity index (χ1n) is 14.2. The Morgan fingerprint density at radius 1 is 0.865 bits per heavy atom. The molecule has 9 heteroatoms. The molecule has 1 unspecified atom stereocenters. The van der Waals surface area contributed by atoms with E-state index in [9.17, 15) is 4.57 Å². The fourth-order valence-corrected chi connectivity index (χ4v) is 4.44. The van der Waals surface area contributed by atoms with Crippen LogP contribution >= 0.6 is 7.82 Å². The van der Waals surface area contributed by atoms with Crippen molar-refractivity contribution in [1.29, 1.82) is 5.26 Å². The second-order valence-corrected chi connectivity index (χ2v) is 11.0. The van der Waals surface area contributed by atoms with Gasteiger partial charge in [-0.3, -0.25) is 4.52 Å². The molecule has 0 amide bonds. The van der Waals surface area contributed by atoms with Crippen molar-refractivity contribution < 1.29 is 28.3 Å². The Hall–Kier alpha value is -1.33. The molecule has 0 aliphatic heterocycles. The average molecular weight is 541 g/mol. The maximum Gasteiger partial charge on any atom is 0.469 e. The molecule has 8 nitrogen and oxygen atoms in total. The van der Waals surface area contributed by atoms with Crippen molar-refractivity contribution in [2.45, 2.75) is 122 Å². The molecule has 212 valence electrons. The lowest BCUT2D eigenvalue weighted by Gasteiger charge is -2.18. The summed E-state index contributed by atoms with van der Waals surface area (Å²) in [6.45, 7) is 2.93. The van der Waals surface area contributed by atoms with Crippen LogP contribution < -0.4 is 0 Å². The van der Waals surface area contributed by atoms with Crippen LogP contribution in [0.4, 0.5) is 0 Å². The summed E-state index contributed by atoms with van der Waals surface area (Å²) in [6.07, 6.45) is 21.9. The highest BCUT2D eigenvalue weighted by Crippen LogP contribution is 2.35. The van der Waals surface area contributed by atoms with E-state index in [0.717, 1.165) is 18.4 Å². The minimum atomic E-state index is -4.59. The molecule has 0 bridgehead atoms. The lowest BCUT2D eigenvalue weighted by Crippen LogP contribution is -2.25. The molecule has 1 aromatic rings. The second kappa shape index (κ2) is 22.6. The van der Waals surface area contributed by atoms with Crippen LogP contribution in [0, 0.1) is 11.3 Å². The first-order valence-corrected chi connectivity index (χ1v) is 15.7. The zero-order chi connectivity index (χ0) is 27.0. The monoisotopic (exact) mass is 540 g/mol. The van der Waals surface area contributed by atoms with Gasteiger partial charge in [-0.25, -0.2) is 9.55 Å². The summed E-state index contributed by atoms with van der Waals surface area (Å²) < 4.78 is 27.1. The summed E-state index contributed by atoms with van der Waals surface area (Å²) in [5, 5.41) is 8.82. The van der Waals surface area contributed by atoms with Crippen LogP contribution in [0.1, 0.15) is 121 Å². The zero-order valence-corrected chi connectivity index (χ0v) is 23.7. The van der Waals surface area contributed by atoms with Gasteiger partial charge in [-0.05, 0) is 18.1 Å². The molecule has 0 radical (unpaired) electrons. The molecule has 0 aliphatic rings. The van der Waals surface area contributed by atoms with E-state index in [-0.39, 0.29) is 19.8 Å². The molecule has 0 spiro atoms. The molecule has 0 saturated heterocycles. The predicted octanol–water partition coefficient (Wildman–Crippen LogP) is 7.23. The number of nitriles is 1. The van der Waals surface area contributed by atoms with Crippen molar-refractivity contribution >= 4 is 7.82 Å². The average Bonchev–Trinajstić information content (AvgIpc) is 2.88. The topological polar surface area (TPSA) is 122 Å². The van der Waals surface area contributed by atoms with Crippen LogP contribution in [0.5, 0.6) is 0 Å². The SMILES string of the molecule is CCCCCCCCCCCCCCCCCCOCC(COP(=O)(O)O)OCc1ccc(C#N)nc1. The largest absolute Gasteiger partial charge is 0.469 e. The van der Waals surface area contributed by atoms with Crippen LogP contribution in [-0.4, -0.2) is 40.7 Å². The fraction of sp³-hybridized carbons (Fsp3) is 0.786. The van der Waals surface area contributed by atoms with Crippen LogP contribution in [-0.2, 0) is 25.2 Å². The summed E-state index contributed by atoms with van der Waals surface area (Å²) in [6, 6.07) is 5.27. The Morgan fingerprint density at radius 2 is 1.41 bits per heavy atom. The molecular formula is C28H49N2O6P. The van der Waals surface area contributed by atoms with Crippen molar-refractivity contribution in [1.82, 2.24) is 4.98 Å². The Bertz CT molecular complexity index is 750. The van der Waals surface area contributed by atoms with Crippen LogP contribution in [0.15, 0.2) is 18.3 Å². The molecular weight excluding hydrogens is 491 g/mol. The normalized spacial score (nSPS) is 12.5. The van der Waals surface area contributed by atoms with Gasteiger partial charge in [0, 0.05) is 12.8 Å². The highest BCUT2D eigenvalue weighted by Gasteiger charge is 2.19. The van der Waals surface area contributed by atoms with Crippen LogP contribution in [0.3, 0.4) is 0 Å². The Balaban J connectivity index is 2.03. The number of phosphoric ester groups is 1. The standard InChI is InChI=1S/C28H49N2O6P/c1-2-3-4-5-6-7-8-9-10-11-12-13-14-15-16-17-20-34-24-28(25-36-37(31,32)33)35-23-26-18-19-27(21-29)30-22-26/h18-19,22,28H,2-17,20,23-25H2,1H3,(H2,31,32,33). The molecule has 0 fully saturated rings. The van der Waals surface area contributed by atoms with Gasteiger partial charge in [0.05, 0.1) is 19.8 Å². The highest BCUT2D eigenvalue weighted by molar-refractivity contribution is 7.46. The molecule has 1 atom stereocenters. The van der Waals surface area contributed by atoms with E-state index in [1.807, 2.05) is 6.07 Å². The lowest BCUT2D eigenvalue weighted by molar-refractivity contribution is -0.0494. The van der Waals surface area contributed by atoms with Gasteiger partial charge in [0.15, 0.2) is 0 Å². The third kappa shape index (κ3) is 21.3. The van der Waals surface area contributed by atoms with Gasteiger partial charge in [0.2, 0.25) is 0 Å². The quantitative estimate of drug-likeness (QED) is 0.0984. The number of pyridine rings is 1. The van der Waals surface area contributed by atoms with E-state index >= 15 is 0 Å². The number of rotatable bonds is 25. The highest BCUT2D eigenvalue weighted by atomic mass is 31.2. The second-order valence-electron chi connectivity index (χ2n) is 9.76. The van der Waals surface area contributed by atoms with E-state index < -0.39 is 13.9 Å². The molecule has 0 aromatic carbocycles. The van der Waals surface area contributed by atoms with E-state index in [4.69, 9.17) is 24.5 Å². The summed E-state index contributed by atoms with van der Waals surface area (Å²) >= 11 is 0. The van der Waals surface area contributed by atoms with E-state index in [1.165, 1.54) is 96.1 Å². The molecule has 0 aliphatic carbocycles. The summed E-state index contributed by atoms with van der Waals surface area (Å²) in [5.74, 6) is 0. The molecule has 37 heavy (non-hydrogen) atoms. The Labute approximate surface area is 224 Å². The molecule has 0 saturated carbocycles. The smallest absolute Gasteiger partial charge is 0.379 e. The van der Waals surface area contributed by atoms with Crippen molar-refractivity contribution in [2.24, 2.45) is 0 Å². The van der Waals surface area contributed by atoms with Crippen molar-refractivity contribution in [3.63, 3.8) is 0 Å². The Kier molecular flexibility index (Phi) is 20.6. The lowest BCUT2D eigenvalue weighted by atomic mass is 10.0. The number of ether oxygens (including phenoxy) is 2. The van der Waals surface area contributed by atoms with E-state index in [0.29, 0.717) is 12.3 Å². The summed E-state index contributed by atoms with van der Waals surface area (Å²) in [5.41, 5.74) is 1.06. The number of unbranched alkanes of at least 4 members (excludes halogenated alkanes) is 15. The summed E-state index contributed by atoms with van der Waals surface area (Å²) in [4.78, 5) is 22.0. The predicted molar refractivity (Wildman–Crippen MR) is 146 cm³/mol. The minimum Gasteiger partial charge on any atom is -0.379 e. The maximum atomic E-state index is 11.1. The number of aromatic nitrogens is 1. The summed E-state index contributed by atoms with van der Waals surface area (Å²) in [7, 11) is -4.59.